The number of carbonyl (C=O) groups excluding carboxylic acids is 1. The third kappa shape index (κ3) is 5.48. The Morgan fingerprint density at radius 2 is 1.69 bits per heavy atom. The summed E-state index contributed by atoms with van der Waals surface area (Å²) in [5.74, 6) is -2.30. The lowest BCUT2D eigenvalue weighted by Gasteiger charge is -2.06. The predicted octanol–water partition coefficient (Wildman–Crippen LogP) is 2.46. The first-order chi connectivity index (χ1) is 7.20. The average molecular weight is 260 g/mol. The Kier molecular flexibility index (Phi) is 5.99. The van der Waals surface area contributed by atoms with E-state index in [4.69, 9.17) is 0 Å². The standard InChI is InChI=1S/C9H15F3O3S/c1-2-3-4-5-6-8(13)7-16(14,15)9(10,11)12/h2-7H2,1H3. The van der Waals surface area contributed by atoms with Crippen LogP contribution >= 0.6 is 0 Å². The fraction of sp³-hybridized carbons (Fsp3) is 0.889. The highest BCUT2D eigenvalue weighted by Crippen LogP contribution is 2.24. The molecule has 16 heavy (non-hydrogen) atoms. The van der Waals surface area contributed by atoms with Crippen molar-refractivity contribution in [2.75, 3.05) is 5.75 Å². The highest BCUT2D eigenvalue weighted by Gasteiger charge is 2.46. The van der Waals surface area contributed by atoms with Gasteiger partial charge in [0.15, 0.2) is 0 Å². The second-order valence-electron chi connectivity index (χ2n) is 3.55. The van der Waals surface area contributed by atoms with Crippen molar-refractivity contribution in [1.29, 1.82) is 0 Å². The molecule has 0 aliphatic rings. The van der Waals surface area contributed by atoms with E-state index in [1.165, 1.54) is 0 Å². The van der Waals surface area contributed by atoms with E-state index in [-0.39, 0.29) is 6.42 Å². The van der Waals surface area contributed by atoms with Crippen LogP contribution in [0.2, 0.25) is 0 Å². The van der Waals surface area contributed by atoms with E-state index in [9.17, 15) is 26.4 Å². The average Bonchev–Trinajstić information content (AvgIpc) is 2.10. The molecule has 0 atom stereocenters. The molecule has 0 unspecified atom stereocenters. The molecule has 0 N–H and O–H groups in total. The maximum Gasteiger partial charge on any atom is 0.497 e. The van der Waals surface area contributed by atoms with Crippen LogP contribution in [0.15, 0.2) is 0 Å². The lowest BCUT2D eigenvalue weighted by molar-refractivity contribution is -0.117. The fourth-order valence-electron chi connectivity index (χ4n) is 1.11. The summed E-state index contributed by atoms with van der Waals surface area (Å²) in [6.07, 6.45) is 2.90. The Morgan fingerprint density at radius 3 is 2.12 bits per heavy atom. The third-order valence-corrected chi connectivity index (χ3v) is 3.42. The Morgan fingerprint density at radius 1 is 1.12 bits per heavy atom. The molecular weight excluding hydrogens is 245 g/mol. The topological polar surface area (TPSA) is 51.2 Å². The molecular formula is C9H15F3O3S. The Hall–Kier alpha value is -0.590. The van der Waals surface area contributed by atoms with Crippen LogP contribution in [0.5, 0.6) is 0 Å². The smallest absolute Gasteiger partial charge is 0.299 e. The molecule has 0 radical (unpaired) electrons. The minimum absolute atomic E-state index is 0.102. The van der Waals surface area contributed by atoms with Gasteiger partial charge in [0.1, 0.15) is 11.5 Å². The number of hydrogen-bond donors (Lipinski definition) is 0. The van der Waals surface area contributed by atoms with E-state index in [0.29, 0.717) is 6.42 Å². The maximum atomic E-state index is 11.9. The zero-order valence-electron chi connectivity index (χ0n) is 9.01. The monoisotopic (exact) mass is 260 g/mol. The summed E-state index contributed by atoms with van der Waals surface area (Å²) in [7, 11) is -5.29. The summed E-state index contributed by atoms with van der Waals surface area (Å²) in [6, 6.07) is 0. The molecule has 0 aromatic heterocycles. The van der Waals surface area contributed by atoms with Gasteiger partial charge in [0.25, 0.3) is 9.84 Å². The van der Waals surface area contributed by atoms with E-state index in [2.05, 4.69) is 0 Å². The summed E-state index contributed by atoms with van der Waals surface area (Å²) in [5.41, 5.74) is -5.33. The summed E-state index contributed by atoms with van der Waals surface area (Å²) < 4.78 is 56.9. The van der Waals surface area contributed by atoms with Crippen molar-refractivity contribution in [2.24, 2.45) is 0 Å². The number of rotatable bonds is 7. The number of sulfone groups is 1. The predicted molar refractivity (Wildman–Crippen MR) is 53.6 cm³/mol. The van der Waals surface area contributed by atoms with E-state index in [1.807, 2.05) is 6.92 Å². The van der Waals surface area contributed by atoms with Gasteiger partial charge in [-0.3, -0.25) is 4.79 Å². The first kappa shape index (κ1) is 15.4. The van der Waals surface area contributed by atoms with Crippen molar-refractivity contribution in [3.8, 4) is 0 Å². The van der Waals surface area contributed by atoms with Crippen molar-refractivity contribution in [1.82, 2.24) is 0 Å². The molecule has 0 saturated carbocycles. The Balaban J connectivity index is 4.07. The summed E-state index contributed by atoms with van der Waals surface area (Å²) in [6.45, 7) is 1.95. The molecule has 0 saturated heterocycles. The normalized spacial score (nSPS) is 12.8. The molecule has 0 aliphatic heterocycles. The van der Waals surface area contributed by atoms with Gasteiger partial charge in [-0.05, 0) is 6.42 Å². The van der Waals surface area contributed by atoms with Gasteiger partial charge in [-0.15, -0.1) is 0 Å². The largest absolute Gasteiger partial charge is 0.497 e. The number of alkyl halides is 3. The van der Waals surface area contributed by atoms with Crippen LogP contribution in [0, 0.1) is 0 Å². The summed E-state index contributed by atoms with van der Waals surface area (Å²) in [5, 5.41) is 0. The van der Waals surface area contributed by atoms with Crippen LogP contribution in [0.4, 0.5) is 13.2 Å². The summed E-state index contributed by atoms with van der Waals surface area (Å²) in [4.78, 5) is 11.0. The van der Waals surface area contributed by atoms with Gasteiger partial charge >= 0.3 is 5.51 Å². The molecule has 0 fully saturated rings. The second-order valence-corrected chi connectivity index (χ2v) is 5.54. The van der Waals surface area contributed by atoms with Crippen LogP contribution in [-0.2, 0) is 14.6 Å². The van der Waals surface area contributed by atoms with E-state index in [1.54, 1.807) is 0 Å². The minimum Gasteiger partial charge on any atom is -0.299 e. The molecule has 0 aliphatic carbocycles. The maximum absolute atomic E-state index is 11.9. The molecule has 0 heterocycles. The van der Waals surface area contributed by atoms with Gasteiger partial charge in [0.2, 0.25) is 0 Å². The Labute approximate surface area is 92.9 Å². The van der Waals surface area contributed by atoms with Crippen LogP contribution in [0.1, 0.15) is 39.0 Å². The van der Waals surface area contributed by atoms with Gasteiger partial charge < -0.3 is 0 Å². The van der Waals surface area contributed by atoms with E-state index < -0.39 is 26.9 Å². The first-order valence-corrected chi connectivity index (χ1v) is 6.66. The number of Topliss-reactive ketones (excluding diaryl/α,β-unsaturated/α-hetero) is 1. The van der Waals surface area contributed by atoms with Crippen LogP contribution < -0.4 is 0 Å². The quantitative estimate of drug-likeness (QED) is 0.661. The molecule has 3 nitrogen and oxygen atoms in total. The van der Waals surface area contributed by atoms with Crippen LogP contribution in [0.3, 0.4) is 0 Å². The molecule has 0 aromatic rings. The molecule has 96 valence electrons. The molecule has 0 bridgehead atoms. The van der Waals surface area contributed by atoms with Gasteiger partial charge in [0, 0.05) is 6.42 Å². The van der Waals surface area contributed by atoms with Crippen molar-refractivity contribution < 1.29 is 26.4 Å². The molecule has 0 amide bonds. The zero-order chi connectivity index (χ0) is 12.8. The number of halogens is 3. The van der Waals surface area contributed by atoms with Crippen molar-refractivity contribution in [3.05, 3.63) is 0 Å². The molecule has 7 heteroatoms. The van der Waals surface area contributed by atoms with Crippen molar-refractivity contribution in [3.63, 3.8) is 0 Å². The van der Waals surface area contributed by atoms with Gasteiger partial charge in [-0.2, -0.15) is 13.2 Å². The SMILES string of the molecule is CCCCCCC(=O)CS(=O)(=O)C(F)(F)F. The third-order valence-electron chi connectivity index (χ3n) is 2.01. The van der Waals surface area contributed by atoms with Gasteiger partial charge in [-0.1, -0.05) is 26.2 Å². The fourth-order valence-corrected chi connectivity index (χ4v) is 1.85. The highest BCUT2D eigenvalue weighted by molar-refractivity contribution is 7.92. The second kappa shape index (κ2) is 6.22. The lowest BCUT2D eigenvalue weighted by Crippen LogP contribution is -2.29. The van der Waals surface area contributed by atoms with Gasteiger partial charge in [0.05, 0.1) is 0 Å². The van der Waals surface area contributed by atoms with Crippen LogP contribution in [0.25, 0.3) is 0 Å². The molecule has 0 spiro atoms. The first-order valence-electron chi connectivity index (χ1n) is 5.01. The highest BCUT2D eigenvalue weighted by atomic mass is 32.2. The number of unbranched alkanes of at least 4 members (excludes halogenated alkanes) is 3. The van der Waals surface area contributed by atoms with Crippen LogP contribution in [-0.4, -0.2) is 25.5 Å². The van der Waals surface area contributed by atoms with E-state index in [0.717, 1.165) is 19.3 Å². The lowest BCUT2D eigenvalue weighted by atomic mass is 10.1. The number of hydrogen-bond acceptors (Lipinski definition) is 3. The Bertz CT molecular complexity index is 319. The number of carbonyl (C=O) groups is 1. The summed E-state index contributed by atoms with van der Waals surface area (Å²) >= 11 is 0. The minimum atomic E-state index is -5.33. The molecule has 0 rings (SSSR count). The van der Waals surface area contributed by atoms with E-state index >= 15 is 0 Å². The van der Waals surface area contributed by atoms with Crippen molar-refractivity contribution in [2.45, 2.75) is 44.5 Å². The molecule has 0 aromatic carbocycles. The van der Waals surface area contributed by atoms with Gasteiger partial charge in [-0.25, -0.2) is 8.42 Å². The zero-order valence-corrected chi connectivity index (χ0v) is 9.83. The number of ketones is 1. The van der Waals surface area contributed by atoms with Crippen molar-refractivity contribution >= 4 is 15.6 Å².